The molecule has 0 bridgehead atoms. The molecule has 0 spiro atoms. The van der Waals surface area contributed by atoms with Gasteiger partial charge >= 0.3 is 0 Å². The normalized spacial score (nSPS) is 14.6. The number of hydrogen-bond acceptors (Lipinski definition) is 1. The smallest absolute Gasteiger partial charge is 0.0533 e. The number of fused-ring (bicyclic) bond motifs is 3. The zero-order valence-corrected chi connectivity index (χ0v) is 14.5. The van der Waals surface area contributed by atoms with Crippen LogP contribution in [0, 0.1) is 0 Å². The summed E-state index contributed by atoms with van der Waals surface area (Å²) in [7, 11) is 0. The Morgan fingerprint density at radius 1 is 0.760 bits per heavy atom. The van der Waals surface area contributed by atoms with E-state index >= 15 is 0 Å². The fraction of sp³-hybridized carbons (Fsp3) is 0.130. The number of hydrogen-bond donors (Lipinski definition) is 1. The maximum Gasteiger partial charge on any atom is 0.0533 e. The first-order valence-corrected chi connectivity index (χ1v) is 8.72. The zero-order chi connectivity index (χ0) is 17.0. The summed E-state index contributed by atoms with van der Waals surface area (Å²) in [4.78, 5) is 0. The second-order valence-electron chi connectivity index (χ2n) is 7.27. The molecule has 1 aliphatic rings. The first-order chi connectivity index (χ1) is 12.1. The first kappa shape index (κ1) is 14.4. The first-order valence-electron chi connectivity index (χ1n) is 8.72. The molecule has 0 saturated heterocycles. The van der Waals surface area contributed by atoms with Crippen molar-refractivity contribution < 1.29 is 0 Å². The number of nitrogens with one attached hydrogen (secondary N) is 1. The van der Waals surface area contributed by atoms with Crippen LogP contribution in [0.3, 0.4) is 0 Å². The minimum absolute atomic E-state index is 0.0306. The van der Waals surface area contributed by atoms with E-state index in [0.29, 0.717) is 0 Å². The Hall–Kier alpha value is -3.00. The van der Waals surface area contributed by atoms with Crippen LogP contribution < -0.4 is 5.32 Å². The van der Waals surface area contributed by atoms with Crippen molar-refractivity contribution in [2.45, 2.75) is 19.3 Å². The lowest BCUT2D eigenvalue weighted by Crippen LogP contribution is -2.25. The maximum absolute atomic E-state index is 3.63. The number of para-hydroxylation sites is 2. The van der Waals surface area contributed by atoms with Crippen LogP contribution in [0.2, 0.25) is 0 Å². The Balaban J connectivity index is 1.76. The van der Waals surface area contributed by atoms with Crippen molar-refractivity contribution in [1.82, 2.24) is 4.57 Å². The third kappa shape index (κ3) is 2.04. The molecular weight excluding hydrogens is 304 g/mol. The standard InChI is InChI=1S/C23H20N2/c1-23(2)18-10-6-7-11-20(18)24-21-14-16-12-13-25(22(16)15-19(21)23)17-8-4-3-5-9-17/h3-15,24H,1-2H3. The molecule has 0 atom stereocenters. The van der Waals surface area contributed by atoms with E-state index in [1.807, 2.05) is 0 Å². The van der Waals surface area contributed by atoms with Gasteiger partial charge in [-0.1, -0.05) is 50.2 Å². The zero-order valence-electron chi connectivity index (χ0n) is 14.5. The van der Waals surface area contributed by atoms with E-state index in [9.17, 15) is 0 Å². The minimum Gasteiger partial charge on any atom is -0.355 e. The highest BCUT2D eigenvalue weighted by Crippen LogP contribution is 2.46. The molecule has 4 aromatic rings. The van der Waals surface area contributed by atoms with Crippen molar-refractivity contribution in [3.8, 4) is 5.69 Å². The van der Waals surface area contributed by atoms with Gasteiger partial charge in [-0.15, -0.1) is 0 Å². The number of nitrogens with zero attached hydrogens (tertiary/aromatic N) is 1. The number of anilines is 2. The summed E-state index contributed by atoms with van der Waals surface area (Å²) in [6, 6.07) is 26.0. The average molecular weight is 324 g/mol. The molecule has 0 unspecified atom stereocenters. The molecule has 2 heteroatoms. The quantitative estimate of drug-likeness (QED) is 0.453. The van der Waals surface area contributed by atoms with Gasteiger partial charge in [0, 0.05) is 34.1 Å². The third-order valence-electron chi connectivity index (χ3n) is 5.41. The molecule has 5 rings (SSSR count). The summed E-state index contributed by atoms with van der Waals surface area (Å²) in [6.45, 7) is 4.63. The van der Waals surface area contributed by atoms with Crippen LogP contribution in [-0.2, 0) is 5.41 Å². The molecule has 0 amide bonds. The van der Waals surface area contributed by atoms with Crippen LogP contribution in [-0.4, -0.2) is 4.57 Å². The van der Waals surface area contributed by atoms with Gasteiger partial charge in [0.25, 0.3) is 0 Å². The molecule has 0 fully saturated rings. The van der Waals surface area contributed by atoms with Crippen LogP contribution in [0.4, 0.5) is 11.4 Å². The highest BCUT2D eigenvalue weighted by molar-refractivity contribution is 5.90. The van der Waals surface area contributed by atoms with Crippen LogP contribution >= 0.6 is 0 Å². The SMILES string of the molecule is CC1(C)c2ccccc2Nc2cc3ccn(-c4ccccc4)c3cc21. The van der Waals surface area contributed by atoms with Gasteiger partial charge < -0.3 is 9.88 Å². The highest BCUT2D eigenvalue weighted by atomic mass is 15.0. The van der Waals surface area contributed by atoms with Crippen LogP contribution in [0.1, 0.15) is 25.0 Å². The lowest BCUT2D eigenvalue weighted by atomic mass is 9.74. The highest BCUT2D eigenvalue weighted by Gasteiger charge is 2.32. The van der Waals surface area contributed by atoms with Gasteiger partial charge in [-0.25, -0.2) is 0 Å². The van der Waals surface area contributed by atoms with Gasteiger partial charge in [-0.2, -0.15) is 0 Å². The Morgan fingerprint density at radius 2 is 1.52 bits per heavy atom. The molecule has 25 heavy (non-hydrogen) atoms. The summed E-state index contributed by atoms with van der Waals surface area (Å²) >= 11 is 0. The molecule has 0 saturated carbocycles. The monoisotopic (exact) mass is 324 g/mol. The fourth-order valence-corrected chi connectivity index (χ4v) is 4.04. The molecule has 0 aliphatic carbocycles. The largest absolute Gasteiger partial charge is 0.355 e. The summed E-state index contributed by atoms with van der Waals surface area (Å²) in [6.07, 6.45) is 2.16. The van der Waals surface area contributed by atoms with Crippen molar-refractivity contribution >= 4 is 22.3 Å². The second kappa shape index (κ2) is 5.00. The van der Waals surface area contributed by atoms with Crippen LogP contribution in [0.15, 0.2) is 79.0 Å². The third-order valence-corrected chi connectivity index (χ3v) is 5.41. The van der Waals surface area contributed by atoms with Crippen molar-refractivity contribution in [3.63, 3.8) is 0 Å². The Labute approximate surface area is 147 Å². The lowest BCUT2D eigenvalue weighted by molar-refractivity contribution is 0.639. The van der Waals surface area contributed by atoms with Gasteiger partial charge in [0.15, 0.2) is 0 Å². The summed E-state index contributed by atoms with van der Waals surface area (Å²) < 4.78 is 2.27. The van der Waals surface area contributed by atoms with E-state index in [2.05, 4.69) is 103 Å². The molecule has 3 aromatic carbocycles. The molecule has 0 radical (unpaired) electrons. The van der Waals surface area contributed by atoms with E-state index in [-0.39, 0.29) is 5.41 Å². The summed E-state index contributed by atoms with van der Waals surface area (Å²) in [5, 5.41) is 4.88. The van der Waals surface area contributed by atoms with Crippen LogP contribution in [0.25, 0.3) is 16.6 Å². The predicted molar refractivity (Wildman–Crippen MR) is 105 cm³/mol. The van der Waals surface area contributed by atoms with Gasteiger partial charge in [0.1, 0.15) is 0 Å². The van der Waals surface area contributed by atoms with E-state index in [4.69, 9.17) is 0 Å². The minimum atomic E-state index is -0.0306. The average Bonchev–Trinajstić information content (AvgIpc) is 3.04. The Kier molecular flexibility index (Phi) is 2.87. The summed E-state index contributed by atoms with van der Waals surface area (Å²) in [5.74, 6) is 0. The number of aromatic nitrogens is 1. The Bertz CT molecular complexity index is 1090. The topological polar surface area (TPSA) is 17.0 Å². The number of benzene rings is 3. The fourth-order valence-electron chi connectivity index (χ4n) is 4.04. The van der Waals surface area contributed by atoms with Crippen LogP contribution in [0.5, 0.6) is 0 Å². The molecule has 2 heterocycles. The Morgan fingerprint density at radius 3 is 2.36 bits per heavy atom. The van der Waals surface area contributed by atoms with Crippen molar-refractivity contribution in [3.05, 3.63) is 90.1 Å². The van der Waals surface area contributed by atoms with Gasteiger partial charge in [0.2, 0.25) is 0 Å². The second-order valence-corrected chi connectivity index (χ2v) is 7.27. The molecule has 1 N–H and O–H groups in total. The molecule has 122 valence electrons. The van der Waals surface area contributed by atoms with Crippen molar-refractivity contribution in [2.75, 3.05) is 5.32 Å². The van der Waals surface area contributed by atoms with E-state index in [1.165, 1.54) is 39.1 Å². The van der Waals surface area contributed by atoms with Crippen molar-refractivity contribution in [1.29, 1.82) is 0 Å². The van der Waals surface area contributed by atoms with E-state index in [0.717, 1.165) is 0 Å². The van der Waals surface area contributed by atoms with E-state index in [1.54, 1.807) is 0 Å². The van der Waals surface area contributed by atoms with E-state index < -0.39 is 0 Å². The molecule has 1 aromatic heterocycles. The van der Waals surface area contributed by atoms with Gasteiger partial charge in [0.05, 0.1) is 5.52 Å². The molecule has 1 aliphatic heterocycles. The predicted octanol–water partition coefficient (Wildman–Crippen LogP) is 6.01. The van der Waals surface area contributed by atoms with Gasteiger partial charge in [-0.3, -0.25) is 0 Å². The lowest BCUT2D eigenvalue weighted by Gasteiger charge is -2.35. The van der Waals surface area contributed by atoms with Crippen molar-refractivity contribution in [2.24, 2.45) is 0 Å². The van der Waals surface area contributed by atoms with Gasteiger partial charge in [-0.05, 0) is 47.5 Å². The maximum atomic E-state index is 3.63. The summed E-state index contributed by atoms with van der Waals surface area (Å²) in [5.41, 5.74) is 7.52. The number of rotatable bonds is 1. The molecule has 2 nitrogen and oxygen atoms in total. The molecular formula is C23H20N2.